The van der Waals surface area contributed by atoms with Crippen molar-refractivity contribution in [2.24, 2.45) is 5.73 Å². The molecule has 3 nitrogen and oxygen atoms in total. The Morgan fingerprint density at radius 2 is 2.43 bits per heavy atom. The molecule has 1 saturated heterocycles. The van der Waals surface area contributed by atoms with Crippen molar-refractivity contribution in [2.45, 2.75) is 25.0 Å². The fourth-order valence-electron chi connectivity index (χ4n) is 1.71. The first-order chi connectivity index (χ1) is 6.77. The van der Waals surface area contributed by atoms with Crippen molar-refractivity contribution in [1.82, 2.24) is 4.98 Å². The first-order valence-corrected chi connectivity index (χ1v) is 4.75. The lowest BCUT2D eigenvalue weighted by atomic mass is 10.0. The predicted molar refractivity (Wildman–Crippen MR) is 50.1 cm³/mol. The van der Waals surface area contributed by atoms with Crippen molar-refractivity contribution in [2.75, 3.05) is 6.61 Å². The second kappa shape index (κ2) is 4.02. The molecule has 1 aliphatic rings. The molecule has 0 aliphatic carbocycles. The smallest absolute Gasteiger partial charge is 0.141 e. The summed E-state index contributed by atoms with van der Waals surface area (Å²) in [6, 6.07) is 1.15. The lowest BCUT2D eigenvalue weighted by Crippen LogP contribution is -2.25. The number of hydrogen-bond donors (Lipinski definition) is 1. The summed E-state index contributed by atoms with van der Waals surface area (Å²) in [6.45, 7) is 0.751. The van der Waals surface area contributed by atoms with Crippen molar-refractivity contribution < 1.29 is 9.13 Å². The van der Waals surface area contributed by atoms with Crippen LogP contribution in [0.2, 0.25) is 0 Å². The minimum atomic E-state index is -0.351. The molecule has 0 spiro atoms. The molecule has 2 rings (SSSR count). The minimum absolute atomic E-state index is 0.0126. The quantitative estimate of drug-likeness (QED) is 0.777. The van der Waals surface area contributed by atoms with Crippen LogP contribution < -0.4 is 5.73 Å². The third kappa shape index (κ3) is 1.91. The third-order valence-corrected chi connectivity index (χ3v) is 2.48. The zero-order valence-corrected chi connectivity index (χ0v) is 7.82. The summed E-state index contributed by atoms with van der Waals surface area (Å²) in [5, 5.41) is 0. The number of nitrogens with two attached hydrogens (primary N) is 1. The Balaban J connectivity index is 2.13. The summed E-state index contributed by atoms with van der Waals surface area (Å²) in [4.78, 5) is 3.77. The van der Waals surface area contributed by atoms with Gasteiger partial charge in [-0.3, -0.25) is 4.98 Å². The average molecular weight is 196 g/mol. The van der Waals surface area contributed by atoms with Gasteiger partial charge in [0.05, 0.1) is 18.3 Å². The van der Waals surface area contributed by atoms with E-state index >= 15 is 0 Å². The van der Waals surface area contributed by atoms with Gasteiger partial charge in [0.2, 0.25) is 0 Å². The standard InChI is InChI=1S/C10H13FN2O/c11-8-4-7(5-13-6-8)10(12)9-2-1-3-14-9/h4-6,9-10H,1-3,12H2. The van der Waals surface area contributed by atoms with E-state index in [1.807, 2.05) is 0 Å². The van der Waals surface area contributed by atoms with Gasteiger partial charge in [0.15, 0.2) is 0 Å². The topological polar surface area (TPSA) is 48.1 Å². The van der Waals surface area contributed by atoms with E-state index in [0.717, 1.165) is 19.4 Å². The molecule has 2 unspecified atom stereocenters. The minimum Gasteiger partial charge on any atom is -0.376 e. The maximum absolute atomic E-state index is 12.9. The van der Waals surface area contributed by atoms with Gasteiger partial charge in [-0.05, 0) is 24.5 Å². The van der Waals surface area contributed by atoms with Crippen molar-refractivity contribution >= 4 is 0 Å². The molecule has 1 aromatic heterocycles. The molecule has 2 N–H and O–H groups in total. The molecule has 0 bridgehead atoms. The van der Waals surface area contributed by atoms with Gasteiger partial charge >= 0.3 is 0 Å². The first-order valence-electron chi connectivity index (χ1n) is 4.75. The molecular formula is C10H13FN2O. The Bertz CT molecular complexity index is 313. The normalized spacial score (nSPS) is 23.7. The van der Waals surface area contributed by atoms with Crippen LogP contribution in [-0.2, 0) is 4.74 Å². The van der Waals surface area contributed by atoms with E-state index in [0.29, 0.717) is 5.56 Å². The van der Waals surface area contributed by atoms with Crippen molar-refractivity contribution in [3.8, 4) is 0 Å². The highest BCUT2D eigenvalue weighted by Gasteiger charge is 2.24. The van der Waals surface area contributed by atoms with Crippen molar-refractivity contribution in [3.63, 3.8) is 0 Å². The summed E-state index contributed by atoms with van der Waals surface area (Å²) in [6.07, 6.45) is 4.75. The van der Waals surface area contributed by atoms with Gasteiger partial charge in [-0.2, -0.15) is 0 Å². The number of pyridine rings is 1. The van der Waals surface area contributed by atoms with E-state index in [2.05, 4.69) is 4.98 Å². The zero-order valence-electron chi connectivity index (χ0n) is 7.82. The Kier molecular flexibility index (Phi) is 2.74. The SMILES string of the molecule is NC(c1cncc(F)c1)C1CCCO1. The van der Waals surface area contributed by atoms with Crippen LogP contribution in [0.1, 0.15) is 24.4 Å². The number of aromatic nitrogens is 1. The van der Waals surface area contributed by atoms with Gasteiger partial charge in [0, 0.05) is 12.8 Å². The molecule has 14 heavy (non-hydrogen) atoms. The molecule has 1 fully saturated rings. The molecule has 1 aromatic rings. The third-order valence-electron chi connectivity index (χ3n) is 2.48. The zero-order chi connectivity index (χ0) is 9.97. The summed E-state index contributed by atoms with van der Waals surface area (Å²) in [7, 11) is 0. The molecule has 0 radical (unpaired) electrons. The van der Waals surface area contributed by atoms with Crippen LogP contribution in [0.15, 0.2) is 18.5 Å². The van der Waals surface area contributed by atoms with Crippen LogP contribution in [0.5, 0.6) is 0 Å². The van der Waals surface area contributed by atoms with Crippen LogP contribution in [-0.4, -0.2) is 17.7 Å². The highest BCUT2D eigenvalue weighted by molar-refractivity contribution is 5.16. The lowest BCUT2D eigenvalue weighted by Gasteiger charge is -2.18. The second-order valence-electron chi connectivity index (χ2n) is 3.51. The van der Waals surface area contributed by atoms with Crippen LogP contribution >= 0.6 is 0 Å². The maximum atomic E-state index is 12.9. The van der Waals surface area contributed by atoms with E-state index < -0.39 is 0 Å². The van der Waals surface area contributed by atoms with Gasteiger partial charge < -0.3 is 10.5 Å². The van der Waals surface area contributed by atoms with Gasteiger partial charge in [0.25, 0.3) is 0 Å². The second-order valence-corrected chi connectivity index (χ2v) is 3.51. The molecule has 2 heterocycles. The highest BCUT2D eigenvalue weighted by Crippen LogP contribution is 2.24. The highest BCUT2D eigenvalue weighted by atomic mass is 19.1. The number of nitrogens with zero attached hydrogens (tertiary/aromatic N) is 1. The summed E-state index contributed by atoms with van der Waals surface area (Å²) < 4.78 is 18.3. The number of halogens is 1. The Morgan fingerprint density at radius 3 is 3.07 bits per heavy atom. The van der Waals surface area contributed by atoms with E-state index in [-0.39, 0.29) is 18.0 Å². The van der Waals surface area contributed by atoms with Crippen molar-refractivity contribution in [3.05, 3.63) is 29.8 Å². The number of ether oxygens (including phenoxy) is 1. The Labute approximate surface area is 82.1 Å². The van der Waals surface area contributed by atoms with Crippen LogP contribution in [0, 0.1) is 5.82 Å². The largest absolute Gasteiger partial charge is 0.376 e. The molecule has 0 amide bonds. The van der Waals surface area contributed by atoms with E-state index in [1.165, 1.54) is 12.3 Å². The average Bonchev–Trinajstić information content (AvgIpc) is 2.69. The fraction of sp³-hybridized carbons (Fsp3) is 0.500. The van der Waals surface area contributed by atoms with E-state index in [1.54, 1.807) is 6.20 Å². The Morgan fingerprint density at radius 1 is 1.57 bits per heavy atom. The van der Waals surface area contributed by atoms with E-state index in [9.17, 15) is 4.39 Å². The molecule has 76 valence electrons. The molecule has 0 aromatic carbocycles. The lowest BCUT2D eigenvalue weighted by molar-refractivity contribution is 0.0899. The van der Waals surface area contributed by atoms with Gasteiger partial charge in [-0.25, -0.2) is 4.39 Å². The summed E-state index contributed by atoms with van der Waals surface area (Å²) in [5.41, 5.74) is 6.64. The van der Waals surface area contributed by atoms with Crippen molar-refractivity contribution in [1.29, 1.82) is 0 Å². The number of hydrogen-bond acceptors (Lipinski definition) is 3. The van der Waals surface area contributed by atoms with Crippen LogP contribution in [0.25, 0.3) is 0 Å². The maximum Gasteiger partial charge on any atom is 0.141 e. The van der Waals surface area contributed by atoms with Gasteiger partial charge in [0.1, 0.15) is 5.82 Å². The van der Waals surface area contributed by atoms with Gasteiger partial charge in [-0.15, -0.1) is 0 Å². The molecule has 2 atom stereocenters. The van der Waals surface area contributed by atoms with E-state index in [4.69, 9.17) is 10.5 Å². The monoisotopic (exact) mass is 196 g/mol. The Hall–Kier alpha value is -1.00. The molecule has 0 saturated carbocycles. The van der Waals surface area contributed by atoms with Crippen LogP contribution in [0.4, 0.5) is 4.39 Å². The first kappa shape index (κ1) is 9.55. The number of rotatable bonds is 2. The van der Waals surface area contributed by atoms with Gasteiger partial charge in [-0.1, -0.05) is 0 Å². The molecule has 4 heteroatoms. The summed E-state index contributed by atoms with van der Waals surface area (Å²) in [5.74, 6) is -0.351. The molecule has 1 aliphatic heterocycles. The predicted octanol–water partition coefficient (Wildman–Crippen LogP) is 1.40. The van der Waals surface area contributed by atoms with Crippen LogP contribution in [0.3, 0.4) is 0 Å². The summed E-state index contributed by atoms with van der Waals surface area (Å²) >= 11 is 0. The fourth-order valence-corrected chi connectivity index (χ4v) is 1.71. The molecular weight excluding hydrogens is 183 g/mol.